The van der Waals surface area contributed by atoms with Gasteiger partial charge in [0.25, 0.3) is 0 Å². The molecule has 1 atom stereocenters. The van der Waals surface area contributed by atoms with Crippen molar-refractivity contribution in [1.82, 2.24) is 15.0 Å². The van der Waals surface area contributed by atoms with E-state index < -0.39 is 5.97 Å². The maximum atomic E-state index is 11.0. The summed E-state index contributed by atoms with van der Waals surface area (Å²) in [5.74, 6) is 0.213. The van der Waals surface area contributed by atoms with Crippen molar-refractivity contribution < 1.29 is 14.4 Å². The highest BCUT2D eigenvalue weighted by Crippen LogP contribution is 2.19. The quantitative estimate of drug-likeness (QED) is 0.807. The molecule has 1 aromatic carbocycles. The molecule has 0 saturated heterocycles. The van der Waals surface area contributed by atoms with Gasteiger partial charge in [0.2, 0.25) is 5.89 Å². The van der Waals surface area contributed by atoms with Gasteiger partial charge in [0.1, 0.15) is 0 Å². The first-order valence-corrected chi connectivity index (χ1v) is 7.42. The Balaban J connectivity index is 2.06. The van der Waals surface area contributed by atoms with Gasteiger partial charge in [0.15, 0.2) is 5.82 Å². The smallest absolute Gasteiger partial charge is 0.317 e. The predicted molar refractivity (Wildman–Crippen MR) is 81.5 cm³/mol. The SMILES string of the molecule is CCCN(CC(=O)O)C(C)c1nc(Cc2ccccc2)no1. The zero-order valence-electron chi connectivity index (χ0n) is 12.9. The largest absolute Gasteiger partial charge is 0.480 e. The van der Waals surface area contributed by atoms with Crippen molar-refractivity contribution in [3.05, 3.63) is 47.6 Å². The van der Waals surface area contributed by atoms with E-state index in [2.05, 4.69) is 10.1 Å². The van der Waals surface area contributed by atoms with Gasteiger partial charge in [-0.05, 0) is 25.5 Å². The van der Waals surface area contributed by atoms with E-state index in [0.717, 1.165) is 12.0 Å². The molecule has 0 fully saturated rings. The molecule has 0 amide bonds. The maximum Gasteiger partial charge on any atom is 0.317 e. The minimum atomic E-state index is -0.857. The van der Waals surface area contributed by atoms with E-state index in [-0.39, 0.29) is 12.6 Å². The molecule has 0 spiro atoms. The van der Waals surface area contributed by atoms with Crippen LogP contribution >= 0.6 is 0 Å². The molecule has 1 heterocycles. The molecule has 6 heteroatoms. The molecule has 0 bridgehead atoms. The zero-order valence-corrected chi connectivity index (χ0v) is 12.9. The fraction of sp³-hybridized carbons (Fsp3) is 0.438. The lowest BCUT2D eigenvalue weighted by molar-refractivity contribution is -0.139. The number of carboxylic acid groups (broad SMARTS) is 1. The van der Waals surface area contributed by atoms with Crippen LogP contribution in [0.2, 0.25) is 0 Å². The standard InChI is InChI=1S/C16H21N3O3/c1-3-9-19(11-15(20)21)12(2)16-17-14(18-22-16)10-13-7-5-4-6-8-13/h4-8,12H,3,9-11H2,1-2H3,(H,20,21). The second-order valence-electron chi connectivity index (χ2n) is 5.25. The zero-order chi connectivity index (χ0) is 15.9. The molecule has 2 aromatic rings. The Bertz CT molecular complexity index is 598. The molecule has 0 saturated carbocycles. The monoisotopic (exact) mass is 303 g/mol. The van der Waals surface area contributed by atoms with Crippen LogP contribution in [0.25, 0.3) is 0 Å². The van der Waals surface area contributed by atoms with Crippen molar-refractivity contribution >= 4 is 5.97 Å². The van der Waals surface area contributed by atoms with E-state index >= 15 is 0 Å². The topological polar surface area (TPSA) is 79.5 Å². The molecule has 6 nitrogen and oxygen atoms in total. The molecule has 2 rings (SSSR count). The molecule has 118 valence electrons. The van der Waals surface area contributed by atoms with Gasteiger partial charge in [-0.3, -0.25) is 9.69 Å². The number of carbonyl (C=O) groups is 1. The van der Waals surface area contributed by atoms with E-state index in [0.29, 0.717) is 24.7 Å². The normalized spacial score (nSPS) is 12.5. The highest BCUT2D eigenvalue weighted by Gasteiger charge is 2.23. The van der Waals surface area contributed by atoms with Crippen LogP contribution in [-0.2, 0) is 11.2 Å². The Hall–Kier alpha value is -2.21. The fourth-order valence-electron chi connectivity index (χ4n) is 2.31. The van der Waals surface area contributed by atoms with Crippen LogP contribution in [0.3, 0.4) is 0 Å². The van der Waals surface area contributed by atoms with Gasteiger partial charge < -0.3 is 9.63 Å². The van der Waals surface area contributed by atoms with Crippen LogP contribution in [0.15, 0.2) is 34.9 Å². The molecule has 0 aliphatic carbocycles. The minimum Gasteiger partial charge on any atom is -0.480 e. The number of hydrogen-bond donors (Lipinski definition) is 1. The third kappa shape index (κ3) is 4.39. The van der Waals surface area contributed by atoms with Crippen molar-refractivity contribution in [1.29, 1.82) is 0 Å². The lowest BCUT2D eigenvalue weighted by Crippen LogP contribution is -2.33. The van der Waals surface area contributed by atoms with Crippen molar-refractivity contribution in [2.45, 2.75) is 32.7 Å². The van der Waals surface area contributed by atoms with Gasteiger partial charge in [0, 0.05) is 6.42 Å². The van der Waals surface area contributed by atoms with Gasteiger partial charge in [-0.25, -0.2) is 0 Å². The van der Waals surface area contributed by atoms with E-state index in [4.69, 9.17) is 9.63 Å². The summed E-state index contributed by atoms with van der Waals surface area (Å²) in [5, 5.41) is 13.0. The van der Waals surface area contributed by atoms with Crippen molar-refractivity contribution in [2.24, 2.45) is 0 Å². The number of benzene rings is 1. The van der Waals surface area contributed by atoms with Crippen LogP contribution in [0, 0.1) is 0 Å². The first-order valence-electron chi connectivity index (χ1n) is 7.42. The number of aliphatic carboxylic acids is 1. The molecule has 1 N–H and O–H groups in total. The number of carboxylic acids is 1. The lowest BCUT2D eigenvalue weighted by Gasteiger charge is -2.23. The molecule has 0 aliphatic heterocycles. The van der Waals surface area contributed by atoms with Crippen LogP contribution in [0.5, 0.6) is 0 Å². The summed E-state index contributed by atoms with van der Waals surface area (Å²) in [6.07, 6.45) is 1.46. The summed E-state index contributed by atoms with van der Waals surface area (Å²) in [7, 11) is 0. The highest BCUT2D eigenvalue weighted by atomic mass is 16.5. The second-order valence-corrected chi connectivity index (χ2v) is 5.25. The summed E-state index contributed by atoms with van der Waals surface area (Å²) in [4.78, 5) is 17.2. The Kier molecular flexibility index (Phi) is 5.66. The predicted octanol–water partition coefficient (Wildman–Crippen LogP) is 2.52. The summed E-state index contributed by atoms with van der Waals surface area (Å²) in [6.45, 7) is 4.53. The molecule has 0 radical (unpaired) electrons. The molecule has 22 heavy (non-hydrogen) atoms. The Morgan fingerprint density at radius 2 is 2.09 bits per heavy atom. The third-order valence-electron chi connectivity index (χ3n) is 3.44. The molecule has 1 unspecified atom stereocenters. The Morgan fingerprint density at radius 3 is 2.73 bits per heavy atom. The minimum absolute atomic E-state index is 0.0363. The summed E-state index contributed by atoms with van der Waals surface area (Å²) in [6, 6.07) is 9.69. The summed E-state index contributed by atoms with van der Waals surface area (Å²) >= 11 is 0. The first-order chi connectivity index (χ1) is 10.6. The number of aromatic nitrogens is 2. The van der Waals surface area contributed by atoms with Gasteiger partial charge in [-0.2, -0.15) is 4.98 Å². The van der Waals surface area contributed by atoms with Gasteiger partial charge in [0.05, 0.1) is 12.6 Å². The molecule has 0 aliphatic rings. The van der Waals surface area contributed by atoms with Crippen molar-refractivity contribution in [3.63, 3.8) is 0 Å². The average Bonchev–Trinajstić information content (AvgIpc) is 2.95. The van der Waals surface area contributed by atoms with Gasteiger partial charge in [-0.1, -0.05) is 42.4 Å². The van der Waals surface area contributed by atoms with Crippen LogP contribution in [0.1, 0.15) is 43.6 Å². The Morgan fingerprint density at radius 1 is 1.36 bits per heavy atom. The maximum absolute atomic E-state index is 11.0. The van der Waals surface area contributed by atoms with Gasteiger partial charge >= 0.3 is 5.97 Å². The summed E-state index contributed by atoms with van der Waals surface area (Å²) in [5.41, 5.74) is 1.11. The number of rotatable bonds is 8. The second kappa shape index (κ2) is 7.70. The van der Waals surface area contributed by atoms with E-state index in [1.807, 2.05) is 49.1 Å². The molecular formula is C16H21N3O3. The summed E-state index contributed by atoms with van der Waals surface area (Å²) < 4.78 is 5.31. The van der Waals surface area contributed by atoms with Crippen LogP contribution in [-0.4, -0.2) is 39.2 Å². The number of nitrogens with zero attached hydrogens (tertiary/aromatic N) is 3. The van der Waals surface area contributed by atoms with Crippen molar-refractivity contribution in [3.8, 4) is 0 Å². The number of hydrogen-bond acceptors (Lipinski definition) is 5. The fourth-order valence-corrected chi connectivity index (χ4v) is 2.31. The highest BCUT2D eigenvalue weighted by molar-refractivity contribution is 5.69. The van der Waals surface area contributed by atoms with Gasteiger partial charge in [-0.15, -0.1) is 0 Å². The molecular weight excluding hydrogens is 282 g/mol. The first kappa shape index (κ1) is 16.2. The molecule has 1 aromatic heterocycles. The lowest BCUT2D eigenvalue weighted by atomic mass is 10.1. The average molecular weight is 303 g/mol. The third-order valence-corrected chi connectivity index (χ3v) is 3.44. The van der Waals surface area contributed by atoms with Crippen molar-refractivity contribution in [2.75, 3.05) is 13.1 Å². The van der Waals surface area contributed by atoms with E-state index in [1.165, 1.54) is 0 Å². The van der Waals surface area contributed by atoms with E-state index in [9.17, 15) is 4.79 Å². The van der Waals surface area contributed by atoms with Crippen LogP contribution in [0.4, 0.5) is 0 Å². The van der Waals surface area contributed by atoms with E-state index in [1.54, 1.807) is 0 Å². The van der Waals surface area contributed by atoms with Crippen LogP contribution < -0.4 is 0 Å². The Labute approximate surface area is 129 Å².